The van der Waals surface area contributed by atoms with Crippen LogP contribution in [0, 0.1) is 0 Å². The van der Waals surface area contributed by atoms with E-state index in [0.717, 1.165) is 17.6 Å². The smallest absolute Gasteiger partial charge is 0.261 e. The summed E-state index contributed by atoms with van der Waals surface area (Å²) in [6.07, 6.45) is 2.44. The maximum Gasteiger partial charge on any atom is 0.261 e. The minimum absolute atomic E-state index is 0.0165. The lowest BCUT2D eigenvalue weighted by Gasteiger charge is -2.11. The number of hydrogen-bond acceptors (Lipinski definition) is 8. The summed E-state index contributed by atoms with van der Waals surface area (Å²) in [6.45, 7) is 1.30. The van der Waals surface area contributed by atoms with E-state index in [1.54, 1.807) is 18.2 Å². The van der Waals surface area contributed by atoms with Gasteiger partial charge in [0.1, 0.15) is 0 Å². The van der Waals surface area contributed by atoms with Crippen molar-refractivity contribution in [3.05, 3.63) is 53.4 Å². The molecule has 3 aromatic rings. The highest BCUT2D eigenvalue weighted by Gasteiger charge is 2.21. The molecule has 0 bridgehead atoms. The highest BCUT2D eigenvalue weighted by atomic mass is 35.5. The van der Waals surface area contributed by atoms with Crippen LogP contribution >= 0.6 is 22.9 Å². The Balaban J connectivity index is 2.04. The van der Waals surface area contributed by atoms with Crippen LogP contribution in [0.25, 0.3) is 10.4 Å². The molecule has 0 atom stereocenters. The summed E-state index contributed by atoms with van der Waals surface area (Å²) in [5, 5.41) is 2.65. The number of carbonyl (C=O) groups excluding carboxylic acids is 1. The first kappa shape index (κ1) is 23.1. The van der Waals surface area contributed by atoms with Gasteiger partial charge in [-0.2, -0.15) is 0 Å². The maximum atomic E-state index is 12.6. The molecule has 0 aliphatic rings. The Hall–Kier alpha value is -2.54. The van der Waals surface area contributed by atoms with E-state index in [4.69, 9.17) is 11.6 Å². The predicted molar refractivity (Wildman–Crippen MR) is 120 cm³/mol. The molecule has 2 heterocycles. The summed E-state index contributed by atoms with van der Waals surface area (Å²) in [6, 6.07) is 9.16. The predicted octanol–water partition coefficient (Wildman–Crippen LogP) is 3.16. The van der Waals surface area contributed by atoms with Gasteiger partial charge < -0.3 is 5.32 Å². The van der Waals surface area contributed by atoms with E-state index in [1.807, 2.05) is 0 Å². The molecule has 2 N–H and O–H groups in total. The van der Waals surface area contributed by atoms with E-state index in [1.165, 1.54) is 31.3 Å². The molecule has 0 aliphatic carbocycles. The van der Waals surface area contributed by atoms with E-state index >= 15 is 0 Å². The van der Waals surface area contributed by atoms with Crippen LogP contribution in [-0.4, -0.2) is 39.0 Å². The van der Waals surface area contributed by atoms with E-state index < -0.39 is 19.9 Å². The number of anilines is 2. The van der Waals surface area contributed by atoms with Crippen LogP contribution in [0.5, 0.6) is 0 Å². The average molecular weight is 501 g/mol. The van der Waals surface area contributed by atoms with Gasteiger partial charge in [0.15, 0.2) is 20.1 Å². The molecule has 0 saturated heterocycles. The maximum absolute atomic E-state index is 12.6. The second-order valence-corrected chi connectivity index (χ2v) is 11.7. The number of amides is 1. The minimum atomic E-state index is -3.92. The number of pyridine rings is 1. The zero-order chi connectivity index (χ0) is 22.8. The van der Waals surface area contributed by atoms with Crippen molar-refractivity contribution in [3.8, 4) is 10.4 Å². The molecule has 9 nitrogen and oxygen atoms in total. The van der Waals surface area contributed by atoms with Crippen LogP contribution in [0.2, 0.25) is 5.15 Å². The van der Waals surface area contributed by atoms with Crippen molar-refractivity contribution in [2.45, 2.75) is 17.6 Å². The Kier molecular flexibility index (Phi) is 6.65. The van der Waals surface area contributed by atoms with Crippen LogP contribution in [0.1, 0.15) is 12.6 Å². The first-order valence-electron chi connectivity index (χ1n) is 8.63. The summed E-state index contributed by atoms with van der Waals surface area (Å²) >= 11 is 7.14. The first-order chi connectivity index (χ1) is 14.4. The van der Waals surface area contributed by atoms with Crippen molar-refractivity contribution in [3.63, 3.8) is 0 Å². The number of nitrogens with zero attached hydrogens (tertiary/aromatic N) is 2. The number of nitrogens with one attached hydrogen (secondary N) is 2. The quantitative estimate of drug-likeness (QED) is 0.475. The number of carbonyl (C=O) groups is 1. The Labute approximate surface area is 188 Å². The number of thiazole rings is 1. The molecular weight excluding hydrogens is 484 g/mol. The van der Waals surface area contributed by atoms with Crippen molar-refractivity contribution < 1.29 is 21.6 Å². The fourth-order valence-electron chi connectivity index (χ4n) is 2.57. The van der Waals surface area contributed by atoms with Crippen molar-refractivity contribution in [1.29, 1.82) is 0 Å². The highest BCUT2D eigenvalue weighted by Crippen LogP contribution is 2.36. The monoisotopic (exact) mass is 500 g/mol. The normalized spacial score (nSPS) is 11.8. The number of aromatic nitrogens is 2. The third kappa shape index (κ3) is 6.00. The largest absolute Gasteiger partial charge is 0.302 e. The Morgan fingerprint density at radius 1 is 1.16 bits per heavy atom. The van der Waals surface area contributed by atoms with Gasteiger partial charge in [0.05, 0.1) is 26.9 Å². The summed E-state index contributed by atoms with van der Waals surface area (Å²) < 4.78 is 51.3. The SMILES string of the molecule is CC(=O)Nc1nc(CS(C)(=O)=O)c(-c2cnc(Cl)c(NS(=O)(=O)c3ccccc3)c2)s1. The zero-order valence-electron chi connectivity index (χ0n) is 16.3. The standard InChI is InChI=1S/C18H17ClN4O5S3/c1-11(24)21-18-22-15(10-30(2,25)26)16(29-18)12-8-14(17(19)20-9-12)23-31(27,28)13-6-4-3-5-7-13/h3-9,23H,10H2,1-2H3,(H,21,22,24). The lowest BCUT2D eigenvalue weighted by Crippen LogP contribution is -2.13. The number of rotatable bonds is 7. The number of sulfonamides is 1. The molecule has 3 rings (SSSR count). The minimum Gasteiger partial charge on any atom is -0.302 e. The molecule has 31 heavy (non-hydrogen) atoms. The third-order valence-corrected chi connectivity index (χ3v) is 7.32. The van der Waals surface area contributed by atoms with Gasteiger partial charge in [0.25, 0.3) is 10.0 Å². The van der Waals surface area contributed by atoms with Crippen LogP contribution < -0.4 is 10.0 Å². The molecule has 2 aromatic heterocycles. The van der Waals surface area contributed by atoms with Crippen LogP contribution in [-0.2, 0) is 30.4 Å². The lowest BCUT2D eigenvalue weighted by atomic mass is 10.2. The fourth-order valence-corrected chi connectivity index (χ4v) is 5.67. The van der Waals surface area contributed by atoms with Gasteiger partial charge in [-0.25, -0.2) is 26.8 Å². The van der Waals surface area contributed by atoms with Gasteiger partial charge >= 0.3 is 0 Å². The van der Waals surface area contributed by atoms with E-state index in [2.05, 4.69) is 20.0 Å². The number of benzene rings is 1. The van der Waals surface area contributed by atoms with E-state index in [0.29, 0.717) is 10.4 Å². The fraction of sp³-hybridized carbons (Fsp3) is 0.167. The van der Waals surface area contributed by atoms with Gasteiger partial charge in [-0.3, -0.25) is 9.52 Å². The average Bonchev–Trinajstić information content (AvgIpc) is 3.03. The van der Waals surface area contributed by atoms with Crippen molar-refractivity contribution in [2.24, 2.45) is 0 Å². The lowest BCUT2D eigenvalue weighted by molar-refractivity contribution is -0.114. The summed E-state index contributed by atoms with van der Waals surface area (Å²) in [5.41, 5.74) is 0.614. The molecule has 164 valence electrons. The molecule has 0 saturated carbocycles. The zero-order valence-corrected chi connectivity index (χ0v) is 19.5. The molecule has 1 aromatic carbocycles. The van der Waals surface area contributed by atoms with E-state index in [9.17, 15) is 21.6 Å². The van der Waals surface area contributed by atoms with Crippen molar-refractivity contribution in [1.82, 2.24) is 9.97 Å². The van der Waals surface area contributed by atoms with Crippen LogP contribution in [0.4, 0.5) is 10.8 Å². The number of sulfone groups is 1. The summed E-state index contributed by atoms with van der Waals surface area (Å²) in [4.78, 5) is 20.0. The van der Waals surface area contributed by atoms with Gasteiger partial charge in [-0.05, 0) is 18.2 Å². The highest BCUT2D eigenvalue weighted by molar-refractivity contribution is 7.92. The number of halogens is 1. The van der Waals surface area contributed by atoms with Crippen LogP contribution in [0.15, 0.2) is 47.5 Å². The first-order valence-corrected chi connectivity index (χ1v) is 13.4. The Morgan fingerprint density at radius 2 is 1.84 bits per heavy atom. The van der Waals surface area contributed by atoms with Gasteiger partial charge in [-0.1, -0.05) is 41.1 Å². The van der Waals surface area contributed by atoms with Crippen molar-refractivity contribution >= 4 is 59.5 Å². The van der Waals surface area contributed by atoms with Gasteiger partial charge in [0.2, 0.25) is 5.91 Å². The topological polar surface area (TPSA) is 135 Å². The molecule has 0 unspecified atom stereocenters. The molecule has 13 heteroatoms. The molecule has 0 radical (unpaired) electrons. The Morgan fingerprint density at radius 3 is 2.45 bits per heavy atom. The summed E-state index contributed by atoms with van der Waals surface area (Å²) in [7, 11) is -7.36. The molecule has 0 spiro atoms. The number of hydrogen-bond donors (Lipinski definition) is 2. The van der Waals surface area contributed by atoms with Crippen LogP contribution in [0.3, 0.4) is 0 Å². The molecule has 0 fully saturated rings. The second-order valence-electron chi connectivity index (χ2n) is 6.53. The summed E-state index contributed by atoms with van der Waals surface area (Å²) in [5.74, 6) is -0.733. The van der Waals surface area contributed by atoms with Crippen molar-refractivity contribution in [2.75, 3.05) is 16.3 Å². The second kappa shape index (κ2) is 8.91. The van der Waals surface area contributed by atoms with Gasteiger partial charge in [-0.15, -0.1) is 0 Å². The van der Waals surface area contributed by atoms with Gasteiger partial charge in [0, 0.05) is 24.9 Å². The Bertz CT molecular complexity index is 1340. The molecular formula is C18H17ClN4O5S3. The third-order valence-electron chi connectivity index (χ3n) is 3.78. The molecule has 0 aliphatic heterocycles. The molecule has 1 amide bonds. The van der Waals surface area contributed by atoms with E-state index in [-0.39, 0.29) is 38.2 Å².